The number of rotatable bonds is 3. The number of carbonyl (C=O) groups is 2. The van der Waals surface area contributed by atoms with Crippen LogP contribution in [0, 0.1) is 0 Å². The van der Waals surface area contributed by atoms with Gasteiger partial charge in [-0.05, 0) is 30.9 Å². The Hall–Kier alpha value is -2.20. The van der Waals surface area contributed by atoms with Crippen molar-refractivity contribution in [1.29, 1.82) is 0 Å². The third kappa shape index (κ3) is 2.09. The van der Waals surface area contributed by atoms with Gasteiger partial charge in [0.25, 0.3) is 0 Å². The molecule has 0 fully saturated rings. The van der Waals surface area contributed by atoms with E-state index in [1.165, 1.54) is 7.11 Å². The molecule has 0 amide bonds. The van der Waals surface area contributed by atoms with Gasteiger partial charge in [0.1, 0.15) is 5.57 Å². The Morgan fingerprint density at radius 3 is 2.35 bits per heavy atom. The maximum absolute atomic E-state index is 13.2. The minimum Gasteiger partial charge on any atom is -0.465 e. The lowest BCUT2D eigenvalue weighted by molar-refractivity contribution is -0.138. The second-order valence-corrected chi connectivity index (χ2v) is 7.00. The summed E-state index contributed by atoms with van der Waals surface area (Å²) in [7, 11) is 1.30. The number of methoxy groups -OCH3 is 1. The third-order valence-electron chi connectivity index (χ3n) is 4.96. The number of carbonyl (C=O) groups excluding carboxylic acids is 2. The Bertz CT molecular complexity index is 776. The first-order valence-electron chi connectivity index (χ1n) is 7.40. The minimum atomic E-state index is -0.845. The molecule has 0 N–H and O–H groups in total. The molecular weight excluding hydrogens is 308 g/mol. The molecule has 23 heavy (non-hydrogen) atoms. The molecule has 0 aliphatic heterocycles. The highest BCUT2D eigenvalue weighted by Gasteiger charge is 2.58. The molecule has 0 unspecified atom stereocenters. The smallest absolute Gasteiger partial charge is 0.341 e. The van der Waals surface area contributed by atoms with E-state index in [1.807, 2.05) is 61.7 Å². The van der Waals surface area contributed by atoms with Gasteiger partial charge < -0.3 is 4.74 Å². The Balaban J connectivity index is 2.26. The number of thiophene rings is 1. The van der Waals surface area contributed by atoms with E-state index in [-0.39, 0.29) is 11.4 Å². The van der Waals surface area contributed by atoms with Crippen molar-refractivity contribution in [3.8, 4) is 0 Å². The number of Topliss-reactive ketones (excluding diaryl/α,β-unsaturated/α-hetero) is 1. The molecule has 0 spiro atoms. The lowest BCUT2D eigenvalue weighted by Gasteiger charge is -2.39. The van der Waals surface area contributed by atoms with Gasteiger partial charge >= 0.3 is 5.97 Å². The van der Waals surface area contributed by atoms with Crippen LogP contribution in [0.25, 0.3) is 0 Å². The van der Waals surface area contributed by atoms with Crippen molar-refractivity contribution in [1.82, 2.24) is 0 Å². The summed E-state index contributed by atoms with van der Waals surface area (Å²) < 4.78 is 4.82. The fourth-order valence-corrected chi connectivity index (χ4v) is 4.33. The lowest BCUT2D eigenvalue weighted by Crippen LogP contribution is -2.45. The highest BCUT2D eigenvalue weighted by Crippen LogP contribution is 2.53. The molecule has 1 aliphatic carbocycles. The van der Waals surface area contributed by atoms with Crippen LogP contribution in [0.15, 0.2) is 59.5 Å². The quantitative estimate of drug-likeness (QED) is 0.639. The normalized spacial score (nSPS) is 26.9. The molecule has 1 aromatic heterocycles. The number of ether oxygens (including phenoxy) is 1. The van der Waals surface area contributed by atoms with E-state index in [0.29, 0.717) is 0 Å². The average Bonchev–Trinajstić information content (AvgIpc) is 3.18. The van der Waals surface area contributed by atoms with Crippen LogP contribution < -0.4 is 0 Å². The average molecular weight is 326 g/mol. The van der Waals surface area contributed by atoms with Crippen LogP contribution in [-0.2, 0) is 25.2 Å². The van der Waals surface area contributed by atoms with Crippen LogP contribution in [0.5, 0.6) is 0 Å². The Morgan fingerprint density at radius 1 is 1.09 bits per heavy atom. The highest BCUT2D eigenvalue weighted by molar-refractivity contribution is 7.10. The largest absolute Gasteiger partial charge is 0.465 e. The number of hydrogen-bond donors (Lipinski definition) is 0. The molecule has 1 heterocycles. The maximum Gasteiger partial charge on any atom is 0.341 e. The number of allylic oxidation sites excluding steroid dienone is 1. The van der Waals surface area contributed by atoms with Crippen LogP contribution >= 0.6 is 11.3 Å². The summed E-state index contributed by atoms with van der Waals surface area (Å²) in [5, 5.41) is 1.99. The van der Waals surface area contributed by atoms with Crippen LogP contribution in [0.3, 0.4) is 0 Å². The molecule has 2 atom stereocenters. The molecule has 2 aromatic rings. The van der Waals surface area contributed by atoms with Crippen LogP contribution in [0.2, 0.25) is 0 Å². The lowest BCUT2D eigenvalue weighted by atomic mass is 9.62. The topological polar surface area (TPSA) is 43.4 Å². The summed E-state index contributed by atoms with van der Waals surface area (Å²) in [5.41, 5.74) is -0.406. The molecule has 0 saturated heterocycles. The van der Waals surface area contributed by atoms with Crippen LogP contribution in [-0.4, -0.2) is 18.9 Å². The molecule has 1 aromatic carbocycles. The fraction of sp³-hybridized carbons (Fsp3) is 0.263. The van der Waals surface area contributed by atoms with Crippen molar-refractivity contribution in [2.45, 2.75) is 24.7 Å². The summed E-state index contributed by atoms with van der Waals surface area (Å²) in [6, 6.07) is 13.6. The number of esters is 1. The van der Waals surface area contributed by atoms with Gasteiger partial charge in [0.05, 0.1) is 12.5 Å². The van der Waals surface area contributed by atoms with E-state index in [2.05, 4.69) is 0 Å². The van der Waals surface area contributed by atoms with Gasteiger partial charge in [-0.3, -0.25) is 4.79 Å². The first-order valence-corrected chi connectivity index (χ1v) is 8.28. The van der Waals surface area contributed by atoms with Gasteiger partial charge in [-0.1, -0.05) is 42.5 Å². The Morgan fingerprint density at radius 2 is 1.78 bits per heavy atom. The highest BCUT2D eigenvalue weighted by atomic mass is 32.1. The zero-order chi connectivity index (χ0) is 16.7. The fourth-order valence-electron chi connectivity index (χ4n) is 3.36. The Labute approximate surface area is 139 Å². The van der Waals surface area contributed by atoms with Crippen LogP contribution in [0.4, 0.5) is 0 Å². The van der Waals surface area contributed by atoms with Crippen molar-refractivity contribution < 1.29 is 14.3 Å². The van der Waals surface area contributed by atoms with E-state index >= 15 is 0 Å². The van der Waals surface area contributed by atoms with E-state index in [4.69, 9.17) is 4.74 Å². The summed E-state index contributed by atoms with van der Waals surface area (Å²) in [4.78, 5) is 26.3. The van der Waals surface area contributed by atoms with Crippen molar-refractivity contribution in [2.24, 2.45) is 0 Å². The van der Waals surface area contributed by atoms with E-state index in [0.717, 1.165) is 10.4 Å². The van der Waals surface area contributed by atoms with Crippen molar-refractivity contribution in [3.63, 3.8) is 0 Å². The van der Waals surface area contributed by atoms with E-state index in [9.17, 15) is 9.59 Å². The van der Waals surface area contributed by atoms with Crippen molar-refractivity contribution in [3.05, 3.63) is 69.9 Å². The van der Waals surface area contributed by atoms with E-state index < -0.39 is 16.8 Å². The number of hydrogen-bond acceptors (Lipinski definition) is 4. The zero-order valence-corrected chi connectivity index (χ0v) is 14.1. The van der Waals surface area contributed by atoms with Crippen molar-refractivity contribution in [2.75, 3.05) is 7.11 Å². The summed E-state index contributed by atoms with van der Waals surface area (Å²) in [6.45, 7) is 3.93. The van der Waals surface area contributed by atoms with Gasteiger partial charge in [-0.15, -0.1) is 11.3 Å². The molecule has 3 rings (SSSR count). The van der Waals surface area contributed by atoms with Gasteiger partial charge in [0.2, 0.25) is 0 Å². The maximum atomic E-state index is 13.2. The van der Waals surface area contributed by atoms with Crippen LogP contribution in [0.1, 0.15) is 24.3 Å². The summed E-state index contributed by atoms with van der Waals surface area (Å²) >= 11 is 1.59. The van der Waals surface area contributed by atoms with Gasteiger partial charge in [-0.25, -0.2) is 4.79 Å². The van der Waals surface area contributed by atoms with Crippen molar-refractivity contribution >= 4 is 23.1 Å². The summed E-state index contributed by atoms with van der Waals surface area (Å²) in [6.07, 6.45) is 1.78. The van der Waals surface area contributed by atoms with E-state index in [1.54, 1.807) is 17.4 Å². The molecule has 4 heteroatoms. The molecule has 3 nitrogen and oxygen atoms in total. The SMILES string of the molecule is COC(=O)C1=C[C@](C)(c2cccs2)[C@@](C)(c2ccccc2)C1=O. The van der Waals surface area contributed by atoms with Gasteiger partial charge in [0.15, 0.2) is 5.78 Å². The first-order chi connectivity index (χ1) is 10.9. The molecule has 0 saturated carbocycles. The predicted molar refractivity (Wildman–Crippen MR) is 90.6 cm³/mol. The zero-order valence-electron chi connectivity index (χ0n) is 13.3. The standard InChI is InChI=1S/C19H18O3S/c1-18(15-10-7-11-23-15)12-14(17(21)22-3)16(20)19(18,2)13-8-5-4-6-9-13/h4-12H,1-3H3/t18-,19+/m1/s1. The molecule has 0 bridgehead atoms. The Kier molecular flexibility index (Phi) is 3.72. The molecule has 118 valence electrons. The predicted octanol–water partition coefficient (Wildman–Crippen LogP) is 3.65. The molecule has 1 aliphatic rings. The molecular formula is C19H18O3S. The monoisotopic (exact) mass is 326 g/mol. The number of ketones is 1. The second-order valence-electron chi connectivity index (χ2n) is 6.05. The summed E-state index contributed by atoms with van der Waals surface area (Å²) in [5.74, 6) is -0.760. The minimum absolute atomic E-state index is 0.134. The second kappa shape index (κ2) is 5.46. The molecule has 0 radical (unpaired) electrons. The van der Waals surface area contributed by atoms with Gasteiger partial charge in [-0.2, -0.15) is 0 Å². The third-order valence-corrected chi connectivity index (χ3v) is 6.07. The van der Waals surface area contributed by atoms with Gasteiger partial charge in [0, 0.05) is 10.3 Å². The number of benzene rings is 1. The first kappa shape index (κ1) is 15.7.